The van der Waals surface area contributed by atoms with Gasteiger partial charge in [0.2, 0.25) is 11.8 Å². The van der Waals surface area contributed by atoms with Crippen molar-refractivity contribution in [2.45, 2.75) is 19.0 Å². The van der Waals surface area contributed by atoms with Crippen LogP contribution in [0, 0.1) is 0 Å². The maximum absolute atomic E-state index is 12.7. The van der Waals surface area contributed by atoms with Crippen molar-refractivity contribution < 1.29 is 14.3 Å². The van der Waals surface area contributed by atoms with Crippen molar-refractivity contribution in [1.82, 2.24) is 15.5 Å². The second-order valence-electron chi connectivity index (χ2n) is 6.46. The standard InChI is InChI=1S/C18H22N4O3/c23-17-12-16(21-7-9-25-10-8-21)19-15(20-17)11-18(24)22-6-5-13-3-1-2-4-14(13)22/h1-4,12,15,19H,5-11H2,(H,20,23). The maximum Gasteiger partial charge on any atom is 0.249 e. The van der Waals surface area contributed by atoms with Gasteiger partial charge in [-0.15, -0.1) is 0 Å². The van der Waals surface area contributed by atoms with Crippen LogP contribution in [0.25, 0.3) is 0 Å². The first-order chi connectivity index (χ1) is 12.2. The van der Waals surface area contributed by atoms with E-state index in [4.69, 9.17) is 4.74 Å². The van der Waals surface area contributed by atoms with E-state index in [1.54, 1.807) is 6.08 Å². The Bertz CT molecular complexity index is 712. The summed E-state index contributed by atoms with van der Waals surface area (Å²) < 4.78 is 5.35. The number of fused-ring (bicyclic) bond motifs is 1. The van der Waals surface area contributed by atoms with E-state index in [1.807, 2.05) is 23.1 Å². The van der Waals surface area contributed by atoms with Crippen LogP contribution in [0.5, 0.6) is 0 Å². The summed E-state index contributed by atoms with van der Waals surface area (Å²) in [5.41, 5.74) is 2.18. The number of morpholine rings is 1. The number of anilines is 1. The monoisotopic (exact) mass is 342 g/mol. The van der Waals surface area contributed by atoms with Crippen LogP contribution in [-0.4, -0.2) is 55.7 Å². The molecule has 1 fully saturated rings. The van der Waals surface area contributed by atoms with Crippen molar-refractivity contribution in [1.29, 1.82) is 0 Å². The Hall–Kier alpha value is -2.54. The van der Waals surface area contributed by atoms with Gasteiger partial charge in [0.05, 0.1) is 19.6 Å². The summed E-state index contributed by atoms with van der Waals surface area (Å²) >= 11 is 0. The molecule has 4 rings (SSSR count). The molecular weight excluding hydrogens is 320 g/mol. The van der Waals surface area contributed by atoms with Gasteiger partial charge in [-0.3, -0.25) is 9.59 Å². The van der Waals surface area contributed by atoms with E-state index in [-0.39, 0.29) is 18.2 Å². The van der Waals surface area contributed by atoms with Gasteiger partial charge in [-0.25, -0.2) is 0 Å². The minimum Gasteiger partial charge on any atom is -0.378 e. The van der Waals surface area contributed by atoms with Crippen LogP contribution < -0.4 is 15.5 Å². The Labute approximate surface area is 146 Å². The fraction of sp³-hybridized carbons (Fsp3) is 0.444. The van der Waals surface area contributed by atoms with Gasteiger partial charge < -0.3 is 25.2 Å². The molecule has 0 radical (unpaired) electrons. The molecule has 25 heavy (non-hydrogen) atoms. The number of hydrogen-bond donors (Lipinski definition) is 2. The zero-order valence-corrected chi connectivity index (χ0v) is 14.0. The molecule has 2 amide bonds. The fourth-order valence-corrected chi connectivity index (χ4v) is 3.56. The SMILES string of the molecule is O=C1C=C(N2CCOCC2)NC(CC(=O)N2CCc3ccccc32)N1. The summed E-state index contributed by atoms with van der Waals surface area (Å²) in [6, 6.07) is 7.98. The fourth-order valence-electron chi connectivity index (χ4n) is 3.56. The number of nitrogens with one attached hydrogen (secondary N) is 2. The lowest BCUT2D eigenvalue weighted by molar-refractivity contribution is -0.121. The molecule has 3 aliphatic rings. The number of para-hydroxylation sites is 1. The molecule has 1 unspecified atom stereocenters. The second kappa shape index (κ2) is 6.76. The molecule has 2 N–H and O–H groups in total. The van der Waals surface area contributed by atoms with Gasteiger partial charge in [0.1, 0.15) is 12.0 Å². The first kappa shape index (κ1) is 16.0. The number of amides is 2. The molecule has 0 spiro atoms. The average molecular weight is 342 g/mol. The van der Waals surface area contributed by atoms with E-state index >= 15 is 0 Å². The largest absolute Gasteiger partial charge is 0.378 e. The number of carbonyl (C=O) groups excluding carboxylic acids is 2. The van der Waals surface area contributed by atoms with E-state index in [0.717, 1.165) is 31.0 Å². The molecule has 3 heterocycles. The lowest BCUT2D eigenvalue weighted by Gasteiger charge is -2.36. The third kappa shape index (κ3) is 3.32. The number of carbonyl (C=O) groups is 2. The summed E-state index contributed by atoms with van der Waals surface area (Å²) in [5, 5.41) is 6.12. The first-order valence-corrected chi connectivity index (χ1v) is 8.70. The molecule has 132 valence electrons. The number of rotatable bonds is 3. The van der Waals surface area contributed by atoms with Crippen LogP contribution in [0.3, 0.4) is 0 Å². The number of ether oxygens (including phenoxy) is 1. The van der Waals surface area contributed by atoms with Gasteiger partial charge in [-0.2, -0.15) is 0 Å². The summed E-state index contributed by atoms with van der Waals surface area (Å²) in [6.45, 7) is 3.48. The molecule has 1 saturated heterocycles. The number of nitrogens with zero attached hydrogens (tertiary/aromatic N) is 2. The normalized spacial score (nSPS) is 22.8. The molecule has 0 aromatic heterocycles. The smallest absolute Gasteiger partial charge is 0.249 e. The van der Waals surface area contributed by atoms with Crippen molar-refractivity contribution in [3.63, 3.8) is 0 Å². The zero-order chi connectivity index (χ0) is 17.2. The molecule has 1 atom stereocenters. The highest BCUT2D eigenvalue weighted by Crippen LogP contribution is 2.28. The quantitative estimate of drug-likeness (QED) is 0.820. The average Bonchev–Trinajstić information content (AvgIpc) is 3.06. The van der Waals surface area contributed by atoms with Crippen LogP contribution in [0.15, 0.2) is 36.2 Å². The van der Waals surface area contributed by atoms with Gasteiger partial charge in [0.25, 0.3) is 0 Å². The van der Waals surface area contributed by atoms with Gasteiger partial charge in [-0.05, 0) is 18.1 Å². The Kier molecular flexibility index (Phi) is 4.31. The maximum atomic E-state index is 12.7. The van der Waals surface area contributed by atoms with Gasteiger partial charge in [0.15, 0.2) is 0 Å². The van der Waals surface area contributed by atoms with Crippen LogP contribution in [0.4, 0.5) is 5.69 Å². The second-order valence-corrected chi connectivity index (χ2v) is 6.46. The van der Waals surface area contributed by atoms with Gasteiger partial charge in [-0.1, -0.05) is 18.2 Å². The van der Waals surface area contributed by atoms with Crippen molar-refractivity contribution in [2.75, 3.05) is 37.7 Å². The number of benzene rings is 1. The Morgan fingerprint density at radius 3 is 2.80 bits per heavy atom. The molecule has 1 aromatic carbocycles. The topological polar surface area (TPSA) is 73.9 Å². The molecule has 3 aliphatic heterocycles. The van der Waals surface area contributed by atoms with Crippen molar-refractivity contribution >= 4 is 17.5 Å². The molecule has 1 aromatic rings. The Balaban J connectivity index is 1.42. The van der Waals surface area contributed by atoms with Crippen molar-refractivity contribution in [2.24, 2.45) is 0 Å². The predicted octanol–water partition coefficient (Wildman–Crippen LogP) is 0.185. The number of hydrogen-bond acceptors (Lipinski definition) is 5. The zero-order valence-electron chi connectivity index (χ0n) is 14.0. The highest BCUT2D eigenvalue weighted by atomic mass is 16.5. The summed E-state index contributed by atoms with van der Waals surface area (Å²) in [6.07, 6.45) is 2.26. The van der Waals surface area contributed by atoms with E-state index in [9.17, 15) is 9.59 Å². The molecule has 0 aliphatic carbocycles. The lowest BCUT2D eigenvalue weighted by atomic mass is 10.2. The minimum atomic E-state index is -0.393. The summed E-state index contributed by atoms with van der Waals surface area (Å²) in [5.74, 6) is 0.623. The third-order valence-corrected chi connectivity index (χ3v) is 4.83. The molecule has 0 bridgehead atoms. The summed E-state index contributed by atoms with van der Waals surface area (Å²) in [4.78, 5) is 28.7. The van der Waals surface area contributed by atoms with Crippen LogP contribution in [-0.2, 0) is 20.7 Å². The predicted molar refractivity (Wildman–Crippen MR) is 92.7 cm³/mol. The third-order valence-electron chi connectivity index (χ3n) is 4.83. The van der Waals surface area contributed by atoms with Gasteiger partial charge >= 0.3 is 0 Å². The van der Waals surface area contributed by atoms with Crippen LogP contribution in [0.1, 0.15) is 12.0 Å². The van der Waals surface area contributed by atoms with Crippen LogP contribution >= 0.6 is 0 Å². The molecular formula is C18H22N4O3. The highest BCUT2D eigenvalue weighted by Gasteiger charge is 2.29. The van der Waals surface area contributed by atoms with Crippen LogP contribution in [0.2, 0.25) is 0 Å². The molecule has 0 saturated carbocycles. The molecule has 7 nitrogen and oxygen atoms in total. The van der Waals surface area contributed by atoms with E-state index < -0.39 is 6.17 Å². The van der Waals surface area contributed by atoms with E-state index in [0.29, 0.717) is 19.8 Å². The van der Waals surface area contributed by atoms with Gasteiger partial charge in [0, 0.05) is 31.4 Å². The Morgan fingerprint density at radius 1 is 1.16 bits per heavy atom. The van der Waals surface area contributed by atoms with Crippen molar-refractivity contribution in [3.05, 3.63) is 41.7 Å². The van der Waals surface area contributed by atoms with E-state index in [2.05, 4.69) is 21.6 Å². The first-order valence-electron chi connectivity index (χ1n) is 8.70. The van der Waals surface area contributed by atoms with Crippen molar-refractivity contribution in [3.8, 4) is 0 Å². The molecule has 7 heteroatoms. The highest BCUT2D eigenvalue weighted by molar-refractivity contribution is 5.96. The van der Waals surface area contributed by atoms with E-state index in [1.165, 1.54) is 5.56 Å². The summed E-state index contributed by atoms with van der Waals surface area (Å²) in [7, 11) is 0. The lowest BCUT2D eigenvalue weighted by Crippen LogP contribution is -2.55. The minimum absolute atomic E-state index is 0.0194. The Morgan fingerprint density at radius 2 is 1.96 bits per heavy atom.